The van der Waals surface area contributed by atoms with Crippen LogP contribution in [0.1, 0.15) is 0 Å². The van der Waals surface area contributed by atoms with Gasteiger partial charge in [-0.2, -0.15) is 0 Å². The van der Waals surface area contributed by atoms with Crippen molar-refractivity contribution in [1.29, 1.82) is 0 Å². The number of fused-ring (bicyclic) bond motifs is 11. The molecule has 2 aromatic heterocycles. The molecule has 4 heteroatoms. The average molecular weight is 585 g/mol. The van der Waals surface area contributed by atoms with Gasteiger partial charge in [-0.3, -0.25) is 4.40 Å². The van der Waals surface area contributed by atoms with Gasteiger partial charge in [0.1, 0.15) is 5.65 Å². The lowest BCUT2D eigenvalue weighted by Gasteiger charge is -2.26. The number of benzene rings is 7. The molecule has 0 aliphatic heterocycles. The van der Waals surface area contributed by atoms with Crippen molar-refractivity contribution < 1.29 is 0 Å². The molecule has 1 atom stereocenters. The lowest BCUT2D eigenvalue weighted by atomic mass is 10.0. The third kappa shape index (κ3) is 3.53. The normalized spacial score (nSPS) is 13.4. The van der Waals surface area contributed by atoms with Gasteiger partial charge >= 0.3 is 0 Å². The zero-order valence-electron chi connectivity index (χ0n) is 23.2. The highest BCUT2D eigenvalue weighted by Crippen LogP contribution is 2.47. The summed E-state index contributed by atoms with van der Waals surface area (Å²) < 4.78 is 2.33. The van der Waals surface area contributed by atoms with Crippen molar-refractivity contribution >= 4 is 93.7 Å². The van der Waals surface area contributed by atoms with Gasteiger partial charge in [0.2, 0.25) is 0 Å². The fourth-order valence-electron chi connectivity index (χ4n) is 6.85. The molecule has 0 spiro atoms. The van der Waals surface area contributed by atoms with E-state index in [4.69, 9.17) is 16.8 Å². The Labute approximate surface area is 253 Å². The van der Waals surface area contributed by atoms with Crippen molar-refractivity contribution in [3.05, 3.63) is 152 Å². The maximum Gasteiger partial charge on any atom is 0.147 e. The number of aromatic nitrogens is 2. The quantitative estimate of drug-likeness (QED) is 0.152. The van der Waals surface area contributed by atoms with E-state index in [1.807, 2.05) is 0 Å². The Morgan fingerprint density at radius 3 is 2.00 bits per heavy atom. The Balaban J connectivity index is 1.47. The Kier molecular flexibility index (Phi) is 5.38. The molecule has 0 aliphatic carbocycles. The zero-order valence-corrected chi connectivity index (χ0v) is 24.9. The number of para-hydroxylation sites is 3. The Morgan fingerprint density at radius 1 is 0.488 bits per heavy atom. The number of nitrogens with zero attached hydrogens (tertiary/aromatic N) is 2. The van der Waals surface area contributed by atoms with E-state index in [2.05, 4.69) is 156 Å². The SMILES string of the molecule is S=P(c1ccccc1)(c1ccc2ccc3ccccc3c2c1)c1cccc2c3ccccc3n3c4ccccc4nc3c12. The molecule has 2 heterocycles. The number of pyridine rings is 1. The average Bonchev–Trinajstić information content (AvgIpc) is 3.48. The summed E-state index contributed by atoms with van der Waals surface area (Å²) in [6.07, 6.45) is 0. The molecule has 9 aromatic rings. The minimum Gasteiger partial charge on any atom is -0.292 e. The highest BCUT2D eigenvalue weighted by molar-refractivity contribution is 8.25. The van der Waals surface area contributed by atoms with Gasteiger partial charge in [-0.15, -0.1) is 0 Å². The summed E-state index contributed by atoms with van der Waals surface area (Å²) in [5.41, 5.74) is 4.21. The van der Waals surface area contributed by atoms with Crippen molar-refractivity contribution in [2.75, 3.05) is 0 Å². The first-order valence-electron chi connectivity index (χ1n) is 14.5. The van der Waals surface area contributed by atoms with Crippen LogP contribution in [-0.2, 0) is 11.8 Å². The molecule has 43 heavy (non-hydrogen) atoms. The van der Waals surface area contributed by atoms with Crippen molar-refractivity contribution in [3.8, 4) is 0 Å². The van der Waals surface area contributed by atoms with Crippen LogP contribution in [0.2, 0.25) is 0 Å². The van der Waals surface area contributed by atoms with Crippen molar-refractivity contribution in [2.24, 2.45) is 0 Å². The number of hydrogen-bond acceptors (Lipinski definition) is 2. The number of hydrogen-bond donors (Lipinski definition) is 0. The molecule has 2 nitrogen and oxygen atoms in total. The highest BCUT2D eigenvalue weighted by Gasteiger charge is 2.29. The second-order valence-electron chi connectivity index (χ2n) is 11.1. The number of rotatable bonds is 3. The molecular formula is C39H25N2PS. The monoisotopic (exact) mass is 584 g/mol. The molecule has 0 fully saturated rings. The largest absolute Gasteiger partial charge is 0.292 e. The van der Waals surface area contributed by atoms with Gasteiger partial charge in [0.15, 0.2) is 0 Å². The standard InChI is InChI=1S/C39H25N2PS/c43-42(28-12-2-1-3-13-28,29-24-23-27-22-21-26-11-4-5-14-30(26)33(27)25-29)37-20-10-16-32-31-15-6-8-18-35(31)41-36-19-9-7-17-34(36)40-39(41)38(32)37/h1-25H. The maximum atomic E-state index is 7.06. The van der Waals surface area contributed by atoms with Gasteiger partial charge < -0.3 is 0 Å². The fourth-order valence-corrected chi connectivity index (χ4v) is 10.9. The Hall–Kier alpha value is -4.82. The molecule has 0 saturated carbocycles. The Morgan fingerprint density at radius 2 is 1.14 bits per heavy atom. The van der Waals surface area contributed by atoms with E-state index in [1.54, 1.807) is 0 Å². The summed E-state index contributed by atoms with van der Waals surface area (Å²) in [5, 5.41) is 12.0. The third-order valence-electron chi connectivity index (χ3n) is 8.81. The Bertz CT molecular complexity index is 2600. The molecule has 0 amide bonds. The van der Waals surface area contributed by atoms with E-state index in [0.717, 1.165) is 27.6 Å². The first-order chi connectivity index (χ1) is 21.2. The smallest absolute Gasteiger partial charge is 0.147 e. The summed E-state index contributed by atoms with van der Waals surface area (Å²) in [7, 11) is 0. The van der Waals surface area contributed by atoms with Gasteiger partial charge in [-0.25, -0.2) is 4.98 Å². The van der Waals surface area contributed by atoms with Crippen LogP contribution in [0.4, 0.5) is 0 Å². The fraction of sp³-hybridized carbons (Fsp3) is 0. The summed E-state index contributed by atoms with van der Waals surface area (Å²) in [5.74, 6) is 0. The second kappa shape index (κ2) is 9.34. The van der Waals surface area contributed by atoms with Gasteiger partial charge in [0.25, 0.3) is 0 Å². The van der Waals surface area contributed by atoms with Crippen LogP contribution in [-0.4, -0.2) is 9.38 Å². The van der Waals surface area contributed by atoms with E-state index < -0.39 is 6.04 Å². The summed E-state index contributed by atoms with van der Waals surface area (Å²) >= 11 is 7.06. The molecule has 0 N–H and O–H groups in total. The van der Waals surface area contributed by atoms with Gasteiger partial charge in [0, 0.05) is 22.1 Å². The van der Waals surface area contributed by atoms with Crippen molar-refractivity contribution in [2.45, 2.75) is 0 Å². The first-order valence-corrected chi connectivity index (χ1v) is 17.3. The van der Waals surface area contributed by atoms with Crippen LogP contribution in [0.5, 0.6) is 0 Å². The lowest BCUT2D eigenvalue weighted by Crippen LogP contribution is -2.25. The van der Waals surface area contributed by atoms with Gasteiger partial charge in [-0.05, 0) is 61.8 Å². The lowest BCUT2D eigenvalue weighted by molar-refractivity contribution is 1.32. The second-order valence-corrected chi connectivity index (χ2v) is 15.5. The maximum absolute atomic E-state index is 7.06. The van der Waals surface area contributed by atoms with Crippen LogP contribution in [0.15, 0.2) is 152 Å². The number of imidazole rings is 1. The van der Waals surface area contributed by atoms with E-state index in [9.17, 15) is 0 Å². The predicted molar refractivity (Wildman–Crippen MR) is 189 cm³/mol. The summed E-state index contributed by atoms with van der Waals surface area (Å²) in [6, 6.07) is 51.9. The molecule has 0 radical (unpaired) electrons. The predicted octanol–water partition coefficient (Wildman–Crippen LogP) is 8.86. The molecule has 0 saturated heterocycles. The molecular weight excluding hydrogens is 559 g/mol. The van der Waals surface area contributed by atoms with Crippen LogP contribution < -0.4 is 15.9 Å². The molecule has 7 aromatic carbocycles. The van der Waals surface area contributed by atoms with Crippen LogP contribution in [0, 0.1) is 0 Å². The molecule has 202 valence electrons. The van der Waals surface area contributed by atoms with E-state index in [-0.39, 0.29) is 0 Å². The van der Waals surface area contributed by atoms with E-state index in [1.165, 1.54) is 48.2 Å². The third-order valence-corrected chi connectivity index (χ3v) is 13.8. The van der Waals surface area contributed by atoms with E-state index >= 15 is 0 Å². The first kappa shape index (κ1) is 24.7. The molecule has 0 aliphatic rings. The van der Waals surface area contributed by atoms with Crippen molar-refractivity contribution in [1.82, 2.24) is 9.38 Å². The van der Waals surface area contributed by atoms with Crippen LogP contribution in [0.3, 0.4) is 0 Å². The minimum absolute atomic E-state index is 0.960. The molecule has 0 bridgehead atoms. The summed E-state index contributed by atoms with van der Waals surface area (Å²) in [6.45, 7) is 0. The van der Waals surface area contributed by atoms with Crippen LogP contribution in [0.25, 0.3) is 59.9 Å². The van der Waals surface area contributed by atoms with Crippen molar-refractivity contribution in [3.63, 3.8) is 0 Å². The van der Waals surface area contributed by atoms with E-state index in [0.29, 0.717) is 0 Å². The minimum atomic E-state index is -2.55. The summed E-state index contributed by atoms with van der Waals surface area (Å²) in [4.78, 5) is 5.28. The van der Waals surface area contributed by atoms with Gasteiger partial charge in [0.05, 0.1) is 16.6 Å². The van der Waals surface area contributed by atoms with Crippen LogP contribution >= 0.6 is 6.04 Å². The molecule has 1 unspecified atom stereocenters. The zero-order chi connectivity index (χ0) is 28.5. The highest BCUT2D eigenvalue weighted by atomic mass is 32.4. The topological polar surface area (TPSA) is 17.3 Å². The molecule has 9 rings (SSSR count). The van der Waals surface area contributed by atoms with Gasteiger partial charge in [-0.1, -0.05) is 139 Å².